The maximum atomic E-state index is 11.7. The highest BCUT2D eigenvalue weighted by Gasteiger charge is 2.46. The van der Waals surface area contributed by atoms with E-state index in [-0.39, 0.29) is 17.8 Å². The number of hydrogen-bond acceptors (Lipinski definition) is 3. The van der Waals surface area contributed by atoms with Gasteiger partial charge in [0.2, 0.25) is 0 Å². The number of rotatable bonds is 1. The van der Waals surface area contributed by atoms with Crippen LogP contribution >= 0.6 is 0 Å². The highest BCUT2D eigenvalue weighted by atomic mass is 16.5. The quantitative estimate of drug-likeness (QED) is 0.516. The van der Waals surface area contributed by atoms with E-state index < -0.39 is 5.54 Å². The Morgan fingerprint density at radius 2 is 1.71 bits per heavy atom. The van der Waals surface area contributed by atoms with E-state index in [0.717, 1.165) is 12.8 Å². The van der Waals surface area contributed by atoms with Crippen LogP contribution in [0.4, 0.5) is 0 Å². The van der Waals surface area contributed by atoms with Crippen LogP contribution in [-0.4, -0.2) is 18.6 Å². The number of carbonyl (C=O) groups excluding carboxylic acids is 1. The van der Waals surface area contributed by atoms with Crippen LogP contribution in [0.5, 0.6) is 0 Å². The topological polar surface area (TPSA) is 52.3 Å². The summed E-state index contributed by atoms with van der Waals surface area (Å²) in [7, 11) is 1.42. The van der Waals surface area contributed by atoms with E-state index >= 15 is 0 Å². The summed E-state index contributed by atoms with van der Waals surface area (Å²) >= 11 is 0. The fourth-order valence-electron chi connectivity index (χ4n) is 2.44. The molecule has 1 rings (SSSR count). The molecule has 0 spiro atoms. The van der Waals surface area contributed by atoms with Crippen molar-refractivity contribution in [3.63, 3.8) is 0 Å². The van der Waals surface area contributed by atoms with Crippen molar-refractivity contribution in [1.29, 1.82) is 0 Å². The molecule has 0 aromatic heterocycles. The first kappa shape index (κ1) is 11.5. The first-order valence-electron chi connectivity index (χ1n) is 5.40. The summed E-state index contributed by atoms with van der Waals surface area (Å²) in [4.78, 5) is 11.7. The second kappa shape index (κ2) is 4.30. The lowest BCUT2D eigenvalue weighted by molar-refractivity contribution is -0.151. The Morgan fingerprint density at radius 3 is 2.07 bits per heavy atom. The summed E-state index contributed by atoms with van der Waals surface area (Å²) in [5.74, 6) is 0.180. The summed E-state index contributed by atoms with van der Waals surface area (Å²) in [5.41, 5.74) is 5.45. The molecule has 0 amide bonds. The van der Waals surface area contributed by atoms with Gasteiger partial charge in [-0.1, -0.05) is 26.7 Å². The Hall–Kier alpha value is -0.570. The van der Waals surface area contributed by atoms with Crippen LogP contribution in [0, 0.1) is 11.8 Å². The van der Waals surface area contributed by atoms with Gasteiger partial charge >= 0.3 is 5.97 Å². The average molecular weight is 199 g/mol. The van der Waals surface area contributed by atoms with Crippen molar-refractivity contribution in [2.45, 2.75) is 45.1 Å². The van der Waals surface area contributed by atoms with Crippen LogP contribution < -0.4 is 5.73 Å². The fourth-order valence-corrected chi connectivity index (χ4v) is 2.44. The molecule has 82 valence electrons. The highest BCUT2D eigenvalue weighted by Crippen LogP contribution is 2.35. The van der Waals surface area contributed by atoms with Gasteiger partial charge in [-0.25, -0.2) is 0 Å². The van der Waals surface area contributed by atoms with E-state index in [1.165, 1.54) is 20.0 Å². The molecule has 0 bridgehead atoms. The van der Waals surface area contributed by atoms with Crippen LogP contribution in [0.15, 0.2) is 0 Å². The summed E-state index contributed by atoms with van der Waals surface area (Å²) in [6, 6.07) is 0. The number of esters is 1. The predicted molar refractivity (Wildman–Crippen MR) is 55.7 cm³/mol. The minimum atomic E-state index is -0.773. The molecule has 14 heavy (non-hydrogen) atoms. The molecular weight excluding hydrogens is 178 g/mol. The monoisotopic (exact) mass is 199 g/mol. The third kappa shape index (κ3) is 1.78. The zero-order valence-corrected chi connectivity index (χ0v) is 9.38. The molecule has 1 fully saturated rings. The van der Waals surface area contributed by atoms with Crippen molar-refractivity contribution in [2.75, 3.05) is 7.11 Å². The molecule has 2 N–H and O–H groups in total. The van der Waals surface area contributed by atoms with Crippen molar-refractivity contribution >= 4 is 5.97 Å². The van der Waals surface area contributed by atoms with Crippen molar-refractivity contribution in [2.24, 2.45) is 17.6 Å². The predicted octanol–water partition coefficient (Wildman–Crippen LogP) is 1.70. The molecule has 0 aromatic carbocycles. The summed E-state index contributed by atoms with van der Waals surface area (Å²) in [6.07, 6.45) is 4.38. The minimum Gasteiger partial charge on any atom is -0.468 e. The van der Waals surface area contributed by atoms with E-state index in [9.17, 15) is 4.79 Å². The second-order valence-corrected chi connectivity index (χ2v) is 4.51. The molecule has 2 unspecified atom stereocenters. The number of nitrogens with two attached hydrogens (primary N) is 1. The zero-order chi connectivity index (χ0) is 10.8. The maximum absolute atomic E-state index is 11.7. The Balaban J connectivity index is 2.92. The largest absolute Gasteiger partial charge is 0.468 e. The standard InChI is InChI=1S/C11H21NO2/c1-8-6-4-5-7-9(2)11(8,12)10(13)14-3/h8-9H,4-7,12H2,1-3H3. The fraction of sp³-hybridized carbons (Fsp3) is 0.909. The van der Waals surface area contributed by atoms with Gasteiger partial charge in [-0.05, 0) is 24.7 Å². The van der Waals surface area contributed by atoms with Crippen LogP contribution in [0.25, 0.3) is 0 Å². The molecule has 2 atom stereocenters. The third-order valence-electron chi connectivity index (χ3n) is 3.69. The molecular formula is C11H21NO2. The van der Waals surface area contributed by atoms with Crippen LogP contribution in [0.2, 0.25) is 0 Å². The van der Waals surface area contributed by atoms with Gasteiger partial charge in [0.15, 0.2) is 0 Å². The molecule has 0 saturated heterocycles. The molecule has 1 aliphatic carbocycles. The Labute approximate surface area is 86.0 Å². The lowest BCUT2D eigenvalue weighted by Crippen LogP contribution is -2.58. The number of methoxy groups -OCH3 is 1. The van der Waals surface area contributed by atoms with Gasteiger partial charge in [-0.2, -0.15) is 0 Å². The van der Waals surface area contributed by atoms with Crippen LogP contribution in [0.3, 0.4) is 0 Å². The third-order valence-corrected chi connectivity index (χ3v) is 3.69. The lowest BCUT2D eigenvalue weighted by Gasteiger charge is -2.36. The smallest absolute Gasteiger partial charge is 0.326 e. The van der Waals surface area contributed by atoms with Gasteiger partial charge in [-0.15, -0.1) is 0 Å². The van der Waals surface area contributed by atoms with E-state index in [1.807, 2.05) is 0 Å². The molecule has 1 saturated carbocycles. The molecule has 1 aliphatic rings. The van der Waals surface area contributed by atoms with E-state index in [0.29, 0.717) is 0 Å². The first-order chi connectivity index (χ1) is 6.53. The molecule has 0 aliphatic heterocycles. The molecule has 0 aromatic rings. The lowest BCUT2D eigenvalue weighted by atomic mass is 9.75. The summed E-state index contributed by atoms with van der Waals surface area (Å²) in [5, 5.41) is 0. The summed E-state index contributed by atoms with van der Waals surface area (Å²) in [6.45, 7) is 4.11. The van der Waals surface area contributed by atoms with Gasteiger partial charge in [-0.3, -0.25) is 4.79 Å². The van der Waals surface area contributed by atoms with Gasteiger partial charge in [0, 0.05) is 0 Å². The molecule has 3 heteroatoms. The van der Waals surface area contributed by atoms with E-state index in [4.69, 9.17) is 10.5 Å². The van der Waals surface area contributed by atoms with Crippen molar-refractivity contribution in [3.8, 4) is 0 Å². The van der Waals surface area contributed by atoms with Gasteiger partial charge in [0.05, 0.1) is 7.11 Å². The van der Waals surface area contributed by atoms with Crippen molar-refractivity contribution in [3.05, 3.63) is 0 Å². The van der Waals surface area contributed by atoms with Crippen molar-refractivity contribution < 1.29 is 9.53 Å². The van der Waals surface area contributed by atoms with Crippen molar-refractivity contribution in [1.82, 2.24) is 0 Å². The van der Waals surface area contributed by atoms with Crippen LogP contribution in [0.1, 0.15) is 39.5 Å². The SMILES string of the molecule is COC(=O)C1(N)C(C)CCCCC1C. The van der Waals surface area contributed by atoms with Gasteiger partial charge in [0.25, 0.3) is 0 Å². The number of carbonyl (C=O) groups is 1. The van der Waals surface area contributed by atoms with Gasteiger partial charge in [0.1, 0.15) is 5.54 Å². The number of ether oxygens (including phenoxy) is 1. The maximum Gasteiger partial charge on any atom is 0.326 e. The number of hydrogen-bond donors (Lipinski definition) is 1. The second-order valence-electron chi connectivity index (χ2n) is 4.51. The molecule has 0 heterocycles. The normalized spacial score (nSPS) is 38.9. The molecule has 3 nitrogen and oxygen atoms in total. The zero-order valence-electron chi connectivity index (χ0n) is 9.38. The Kier molecular flexibility index (Phi) is 3.53. The van der Waals surface area contributed by atoms with Gasteiger partial charge < -0.3 is 10.5 Å². The Bertz CT molecular complexity index is 203. The van der Waals surface area contributed by atoms with E-state index in [1.54, 1.807) is 0 Å². The minimum absolute atomic E-state index is 0.215. The molecule has 0 radical (unpaired) electrons. The first-order valence-corrected chi connectivity index (χ1v) is 5.40. The summed E-state index contributed by atoms with van der Waals surface area (Å²) < 4.78 is 4.83. The average Bonchev–Trinajstić information content (AvgIpc) is 2.31. The van der Waals surface area contributed by atoms with E-state index in [2.05, 4.69) is 13.8 Å². The Morgan fingerprint density at radius 1 is 1.29 bits per heavy atom. The van der Waals surface area contributed by atoms with Crippen LogP contribution in [-0.2, 0) is 9.53 Å². The highest BCUT2D eigenvalue weighted by molar-refractivity contribution is 5.81.